The van der Waals surface area contributed by atoms with E-state index < -0.39 is 5.41 Å². The van der Waals surface area contributed by atoms with Gasteiger partial charge in [0.2, 0.25) is 0 Å². The van der Waals surface area contributed by atoms with Crippen LogP contribution in [-0.4, -0.2) is 0 Å². The largest absolute Gasteiger partial charge is 0.198 e. The molecule has 3 nitrogen and oxygen atoms in total. The molecule has 0 amide bonds. The number of rotatable bonds is 3. The van der Waals surface area contributed by atoms with E-state index in [1.807, 2.05) is 18.2 Å². The van der Waals surface area contributed by atoms with Crippen LogP contribution in [-0.2, 0) is 5.41 Å². The Hall–Kier alpha value is -2.57. The maximum atomic E-state index is 9.04. The summed E-state index contributed by atoms with van der Waals surface area (Å²) >= 11 is 0. The first-order chi connectivity index (χ1) is 7.72. The Balaban J connectivity index is 3.24. The van der Waals surface area contributed by atoms with Crippen molar-refractivity contribution >= 4 is 6.08 Å². The molecule has 0 bridgehead atoms. The second kappa shape index (κ2) is 4.78. The third kappa shape index (κ3) is 1.92. The molecule has 0 spiro atoms. The third-order valence-electron chi connectivity index (χ3n) is 2.37. The topological polar surface area (TPSA) is 71.4 Å². The van der Waals surface area contributed by atoms with Crippen LogP contribution < -0.4 is 0 Å². The molecule has 1 rings (SSSR count). The van der Waals surface area contributed by atoms with Gasteiger partial charge in [0.1, 0.15) is 0 Å². The van der Waals surface area contributed by atoms with E-state index >= 15 is 0 Å². The predicted octanol–water partition coefficient (Wildman–Crippen LogP) is 2.53. The Morgan fingerprint density at radius 2 is 1.69 bits per heavy atom. The van der Waals surface area contributed by atoms with Crippen molar-refractivity contribution < 1.29 is 0 Å². The van der Waals surface area contributed by atoms with E-state index in [0.717, 1.165) is 5.56 Å². The van der Waals surface area contributed by atoms with Gasteiger partial charge in [-0.3, -0.25) is 0 Å². The maximum Gasteiger partial charge on any atom is 0.181 e. The molecule has 1 aromatic carbocycles. The van der Waals surface area contributed by atoms with Crippen LogP contribution >= 0.6 is 0 Å². The fraction of sp³-hybridized carbons (Fsp3) is 0.154. The van der Waals surface area contributed by atoms with Crippen LogP contribution in [0.3, 0.4) is 0 Å². The second-order valence-electron chi connectivity index (χ2n) is 3.29. The second-order valence-corrected chi connectivity index (χ2v) is 3.29. The van der Waals surface area contributed by atoms with E-state index in [2.05, 4.69) is 6.58 Å². The predicted molar refractivity (Wildman–Crippen MR) is 59.7 cm³/mol. The molecule has 0 saturated heterocycles. The van der Waals surface area contributed by atoms with Gasteiger partial charge in [-0.05, 0) is 11.1 Å². The van der Waals surface area contributed by atoms with Gasteiger partial charge >= 0.3 is 0 Å². The van der Waals surface area contributed by atoms with E-state index in [-0.39, 0.29) is 6.42 Å². The van der Waals surface area contributed by atoms with Gasteiger partial charge in [0.05, 0.1) is 24.6 Å². The SMILES string of the molecule is C=Cc1ccc(C(C#N)(C#N)CC#N)cc1. The van der Waals surface area contributed by atoms with Gasteiger partial charge in [0, 0.05) is 0 Å². The molecule has 0 N–H and O–H groups in total. The lowest BCUT2D eigenvalue weighted by Crippen LogP contribution is -2.20. The average Bonchev–Trinajstić information content (AvgIpc) is 2.36. The van der Waals surface area contributed by atoms with Crippen molar-refractivity contribution in [1.82, 2.24) is 0 Å². The van der Waals surface area contributed by atoms with Crippen molar-refractivity contribution in [3.05, 3.63) is 42.0 Å². The molecule has 0 aliphatic carbocycles. The Morgan fingerprint density at radius 1 is 1.12 bits per heavy atom. The Morgan fingerprint density at radius 3 is 2.06 bits per heavy atom. The summed E-state index contributed by atoms with van der Waals surface area (Å²) < 4.78 is 0. The first kappa shape index (κ1) is 11.5. The van der Waals surface area contributed by atoms with E-state index in [0.29, 0.717) is 5.56 Å². The summed E-state index contributed by atoms with van der Waals surface area (Å²) in [5, 5.41) is 26.7. The highest BCUT2D eigenvalue weighted by atomic mass is 14.4. The number of hydrogen-bond acceptors (Lipinski definition) is 3. The lowest BCUT2D eigenvalue weighted by molar-refractivity contribution is 0.721. The standard InChI is InChI=1S/C13H9N3/c1-2-11-3-5-12(6-4-11)13(9-15,10-16)7-8-14/h2-6H,1,7H2. The summed E-state index contributed by atoms with van der Waals surface area (Å²) in [6, 6.07) is 12.6. The normalized spacial score (nSPS) is 9.56. The van der Waals surface area contributed by atoms with Crippen LogP contribution in [0, 0.1) is 34.0 Å². The maximum absolute atomic E-state index is 9.04. The van der Waals surface area contributed by atoms with E-state index in [4.69, 9.17) is 15.8 Å². The Bertz CT molecular complexity index is 492. The minimum Gasteiger partial charge on any atom is -0.198 e. The molecule has 0 heterocycles. The van der Waals surface area contributed by atoms with Crippen molar-refractivity contribution in [1.29, 1.82) is 15.8 Å². The number of hydrogen-bond donors (Lipinski definition) is 0. The summed E-state index contributed by atoms with van der Waals surface area (Å²) in [7, 11) is 0. The van der Waals surface area contributed by atoms with Crippen molar-refractivity contribution in [3.8, 4) is 18.2 Å². The van der Waals surface area contributed by atoms with Crippen molar-refractivity contribution in [2.24, 2.45) is 0 Å². The first-order valence-corrected chi connectivity index (χ1v) is 4.65. The van der Waals surface area contributed by atoms with Crippen LogP contribution in [0.25, 0.3) is 6.08 Å². The summed E-state index contributed by atoms with van der Waals surface area (Å²) in [5.74, 6) is 0. The van der Waals surface area contributed by atoms with Crippen LogP contribution in [0.5, 0.6) is 0 Å². The molecule has 0 atom stereocenters. The monoisotopic (exact) mass is 207 g/mol. The van der Waals surface area contributed by atoms with Crippen LogP contribution in [0.4, 0.5) is 0 Å². The average molecular weight is 207 g/mol. The van der Waals surface area contributed by atoms with Gasteiger partial charge in [-0.25, -0.2) is 0 Å². The van der Waals surface area contributed by atoms with Crippen molar-refractivity contribution in [3.63, 3.8) is 0 Å². The first-order valence-electron chi connectivity index (χ1n) is 4.65. The quantitative estimate of drug-likeness (QED) is 0.764. The van der Waals surface area contributed by atoms with Crippen molar-refractivity contribution in [2.75, 3.05) is 0 Å². The van der Waals surface area contributed by atoms with E-state index in [1.54, 1.807) is 30.3 Å². The Labute approximate surface area is 94.5 Å². The highest BCUT2D eigenvalue weighted by Crippen LogP contribution is 2.26. The zero-order valence-corrected chi connectivity index (χ0v) is 8.64. The molecule has 0 radical (unpaired) electrons. The highest BCUT2D eigenvalue weighted by molar-refractivity contribution is 5.50. The minimum atomic E-state index is -1.37. The molecule has 76 valence electrons. The lowest BCUT2D eigenvalue weighted by Gasteiger charge is -2.15. The van der Waals surface area contributed by atoms with Crippen LogP contribution in [0.15, 0.2) is 30.8 Å². The van der Waals surface area contributed by atoms with E-state index in [9.17, 15) is 0 Å². The highest BCUT2D eigenvalue weighted by Gasteiger charge is 2.32. The summed E-state index contributed by atoms with van der Waals surface area (Å²) in [6.45, 7) is 3.62. The smallest absolute Gasteiger partial charge is 0.181 e. The molecule has 0 aliphatic heterocycles. The molecule has 0 aromatic heterocycles. The van der Waals surface area contributed by atoms with Gasteiger partial charge in [0.15, 0.2) is 5.41 Å². The van der Waals surface area contributed by atoms with E-state index in [1.165, 1.54) is 0 Å². The minimum absolute atomic E-state index is 0.132. The lowest BCUT2D eigenvalue weighted by atomic mass is 9.80. The molecule has 0 unspecified atom stereocenters. The zero-order valence-electron chi connectivity index (χ0n) is 8.64. The molecule has 3 heteroatoms. The van der Waals surface area contributed by atoms with Gasteiger partial charge < -0.3 is 0 Å². The third-order valence-corrected chi connectivity index (χ3v) is 2.37. The van der Waals surface area contributed by atoms with Gasteiger partial charge in [0.25, 0.3) is 0 Å². The van der Waals surface area contributed by atoms with Gasteiger partial charge in [-0.1, -0.05) is 36.9 Å². The zero-order chi connectivity index (χ0) is 12.0. The molecule has 0 fully saturated rings. The fourth-order valence-corrected chi connectivity index (χ4v) is 1.36. The number of benzene rings is 1. The Kier molecular flexibility index (Phi) is 3.44. The molecule has 0 saturated carbocycles. The summed E-state index contributed by atoms with van der Waals surface area (Å²) in [5.41, 5.74) is 0.0872. The summed E-state index contributed by atoms with van der Waals surface area (Å²) in [4.78, 5) is 0. The molecule has 16 heavy (non-hydrogen) atoms. The number of nitriles is 3. The number of nitrogens with zero attached hydrogens (tertiary/aromatic N) is 3. The van der Waals surface area contributed by atoms with Gasteiger partial charge in [-0.2, -0.15) is 15.8 Å². The van der Waals surface area contributed by atoms with Crippen molar-refractivity contribution in [2.45, 2.75) is 11.8 Å². The van der Waals surface area contributed by atoms with Crippen LogP contribution in [0.1, 0.15) is 17.5 Å². The molecule has 0 aliphatic rings. The fourth-order valence-electron chi connectivity index (χ4n) is 1.36. The molecular weight excluding hydrogens is 198 g/mol. The van der Waals surface area contributed by atoms with Gasteiger partial charge in [-0.15, -0.1) is 0 Å². The van der Waals surface area contributed by atoms with Crippen LogP contribution in [0.2, 0.25) is 0 Å². The molecule has 1 aromatic rings. The molecular formula is C13H9N3. The summed E-state index contributed by atoms with van der Waals surface area (Å²) in [6.07, 6.45) is 1.54.